The van der Waals surface area contributed by atoms with Gasteiger partial charge in [0.15, 0.2) is 0 Å². The van der Waals surface area contributed by atoms with E-state index in [2.05, 4.69) is 6.92 Å². The van der Waals surface area contributed by atoms with Crippen molar-refractivity contribution in [3.05, 3.63) is 65.2 Å². The summed E-state index contributed by atoms with van der Waals surface area (Å²) in [7, 11) is 0. The van der Waals surface area contributed by atoms with Gasteiger partial charge in [-0.05, 0) is 49.2 Å². The van der Waals surface area contributed by atoms with Crippen molar-refractivity contribution in [2.24, 2.45) is 0 Å². The lowest BCUT2D eigenvalue weighted by Crippen LogP contribution is -2.10. The average molecular weight is 340 g/mol. The Morgan fingerprint density at radius 1 is 0.840 bits per heavy atom. The highest BCUT2D eigenvalue weighted by Gasteiger charge is 2.12. The van der Waals surface area contributed by atoms with Crippen LogP contribution in [0.3, 0.4) is 0 Å². The lowest BCUT2D eigenvalue weighted by molar-refractivity contribution is 0.0497. The molecule has 0 atom stereocenters. The molecule has 0 N–H and O–H groups in total. The molecular formula is C21H24O4. The first-order valence-electron chi connectivity index (χ1n) is 8.67. The molecule has 0 aromatic heterocycles. The number of unbranched alkanes of at least 4 members (excludes halogenated alkanes) is 3. The minimum atomic E-state index is -0.450. The van der Waals surface area contributed by atoms with E-state index in [0.717, 1.165) is 31.2 Å². The van der Waals surface area contributed by atoms with Gasteiger partial charge < -0.3 is 9.47 Å². The molecule has 4 nitrogen and oxygen atoms in total. The quantitative estimate of drug-likeness (QED) is 0.387. The average Bonchev–Trinajstić information content (AvgIpc) is 2.63. The number of aryl methyl sites for hydroxylation is 1. The summed E-state index contributed by atoms with van der Waals surface area (Å²) >= 11 is 0. The van der Waals surface area contributed by atoms with Crippen LogP contribution in [-0.2, 0) is 4.74 Å². The maximum absolute atomic E-state index is 12.2. The Bertz CT molecular complexity index is 704. The molecule has 0 saturated heterocycles. The fourth-order valence-corrected chi connectivity index (χ4v) is 2.35. The Hall–Kier alpha value is -2.62. The van der Waals surface area contributed by atoms with Gasteiger partial charge in [-0.1, -0.05) is 44.4 Å². The van der Waals surface area contributed by atoms with E-state index < -0.39 is 5.97 Å². The maximum atomic E-state index is 12.2. The Morgan fingerprint density at radius 2 is 1.48 bits per heavy atom. The summed E-state index contributed by atoms with van der Waals surface area (Å²) in [6, 6.07) is 13.7. The first kappa shape index (κ1) is 18.7. The van der Waals surface area contributed by atoms with Gasteiger partial charge in [-0.3, -0.25) is 0 Å². The molecule has 0 heterocycles. The third-order valence-corrected chi connectivity index (χ3v) is 3.88. The van der Waals surface area contributed by atoms with Gasteiger partial charge in [-0.2, -0.15) is 0 Å². The predicted molar refractivity (Wildman–Crippen MR) is 97.0 cm³/mol. The standard InChI is InChI=1S/C21H24O4/c1-3-4-5-8-15-24-20(22)17-11-13-18(14-12-17)21(23)25-19-10-7-6-9-16(19)2/h6-7,9-14H,3-5,8,15H2,1-2H3. The number of benzene rings is 2. The molecule has 0 unspecified atom stereocenters. The number of carbonyl (C=O) groups is 2. The van der Waals surface area contributed by atoms with E-state index in [1.807, 2.05) is 25.1 Å². The topological polar surface area (TPSA) is 52.6 Å². The normalized spacial score (nSPS) is 10.3. The second-order valence-corrected chi connectivity index (χ2v) is 5.93. The zero-order chi connectivity index (χ0) is 18.1. The molecule has 0 bridgehead atoms. The highest BCUT2D eigenvalue weighted by Crippen LogP contribution is 2.18. The van der Waals surface area contributed by atoms with Gasteiger partial charge in [0.25, 0.3) is 0 Å². The maximum Gasteiger partial charge on any atom is 0.343 e. The van der Waals surface area contributed by atoms with E-state index in [1.54, 1.807) is 30.3 Å². The van der Waals surface area contributed by atoms with Crippen molar-refractivity contribution >= 4 is 11.9 Å². The molecule has 0 fully saturated rings. The van der Waals surface area contributed by atoms with Crippen LogP contribution in [0, 0.1) is 6.92 Å². The molecule has 0 radical (unpaired) electrons. The van der Waals surface area contributed by atoms with E-state index in [9.17, 15) is 9.59 Å². The molecule has 2 aromatic carbocycles. The third kappa shape index (κ3) is 5.75. The zero-order valence-corrected chi connectivity index (χ0v) is 14.8. The molecule has 25 heavy (non-hydrogen) atoms. The van der Waals surface area contributed by atoms with E-state index in [4.69, 9.17) is 9.47 Å². The fraction of sp³-hybridized carbons (Fsp3) is 0.333. The van der Waals surface area contributed by atoms with E-state index in [-0.39, 0.29) is 5.97 Å². The van der Waals surface area contributed by atoms with Crippen LogP contribution in [0.4, 0.5) is 0 Å². The van der Waals surface area contributed by atoms with Gasteiger partial charge in [0.2, 0.25) is 0 Å². The molecule has 0 amide bonds. The molecule has 0 spiro atoms. The number of esters is 2. The summed E-state index contributed by atoms with van der Waals surface area (Å²) < 4.78 is 10.6. The molecule has 0 aliphatic heterocycles. The zero-order valence-electron chi connectivity index (χ0n) is 14.8. The summed E-state index contributed by atoms with van der Waals surface area (Å²) in [5, 5.41) is 0. The van der Waals surface area contributed by atoms with Crippen LogP contribution < -0.4 is 4.74 Å². The van der Waals surface area contributed by atoms with Gasteiger partial charge in [0, 0.05) is 0 Å². The summed E-state index contributed by atoms with van der Waals surface area (Å²) in [5.41, 5.74) is 1.71. The van der Waals surface area contributed by atoms with E-state index in [1.165, 1.54) is 0 Å². The summed E-state index contributed by atoms with van der Waals surface area (Å²) in [5.74, 6) is -0.285. The second-order valence-electron chi connectivity index (χ2n) is 5.93. The van der Waals surface area contributed by atoms with Crippen molar-refractivity contribution in [1.82, 2.24) is 0 Å². The van der Waals surface area contributed by atoms with Crippen LogP contribution in [0.15, 0.2) is 48.5 Å². The van der Waals surface area contributed by atoms with Crippen LogP contribution in [-0.4, -0.2) is 18.5 Å². The van der Waals surface area contributed by atoms with Crippen molar-refractivity contribution in [1.29, 1.82) is 0 Å². The van der Waals surface area contributed by atoms with Crippen molar-refractivity contribution in [2.75, 3.05) is 6.61 Å². The number of hydrogen-bond donors (Lipinski definition) is 0. The van der Waals surface area contributed by atoms with Crippen molar-refractivity contribution < 1.29 is 19.1 Å². The minimum Gasteiger partial charge on any atom is -0.462 e. The fourth-order valence-electron chi connectivity index (χ4n) is 2.35. The Kier molecular flexibility index (Phi) is 7.20. The summed E-state index contributed by atoms with van der Waals surface area (Å²) in [6.07, 6.45) is 4.23. The van der Waals surface area contributed by atoms with Crippen molar-refractivity contribution in [3.8, 4) is 5.75 Å². The van der Waals surface area contributed by atoms with Crippen LogP contribution in [0.25, 0.3) is 0 Å². The van der Waals surface area contributed by atoms with Gasteiger partial charge >= 0.3 is 11.9 Å². The van der Waals surface area contributed by atoms with E-state index >= 15 is 0 Å². The lowest BCUT2D eigenvalue weighted by atomic mass is 10.1. The molecule has 2 rings (SSSR count). The van der Waals surface area contributed by atoms with Crippen LogP contribution >= 0.6 is 0 Å². The lowest BCUT2D eigenvalue weighted by Gasteiger charge is -2.08. The van der Waals surface area contributed by atoms with Crippen LogP contribution in [0.2, 0.25) is 0 Å². The van der Waals surface area contributed by atoms with Gasteiger partial charge in [-0.25, -0.2) is 9.59 Å². The smallest absolute Gasteiger partial charge is 0.343 e. The molecule has 0 aliphatic rings. The first-order chi connectivity index (χ1) is 12.1. The molecule has 4 heteroatoms. The Balaban J connectivity index is 1.89. The van der Waals surface area contributed by atoms with Crippen molar-refractivity contribution in [3.63, 3.8) is 0 Å². The summed E-state index contributed by atoms with van der Waals surface area (Å²) in [4.78, 5) is 24.1. The predicted octanol–water partition coefficient (Wildman–Crippen LogP) is 4.95. The molecular weight excluding hydrogens is 316 g/mol. The minimum absolute atomic E-state index is 0.365. The van der Waals surface area contributed by atoms with Gasteiger partial charge in [0.05, 0.1) is 17.7 Å². The number of para-hydroxylation sites is 1. The summed E-state index contributed by atoms with van der Waals surface area (Å²) in [6.45, 7) is 4.44. The number of carbonyl (C=O) groups excluding carboxylic acids is 2. The SMILES string of the molecule is CCCCCCOC(=O)c1ccc(C(=O)Oc2ccccc2C)cc1. The molecule has 0 aliphatic carbocycles. The third-order valence-electron chi connectivity index (χ3n) is 3.88. The highest BCUT2D eigenvalue weighted by molar-refractivity contribution is 5.94. The van der Waals surface area contributed by atoms with Gasteiger partial charge in [-0.15, -0.1) is 0 Å². The van der Waals surface area contributed by atoms with Crippen LogP contribution in [0.5, 0.6) is 5.75 Å². The van der Waals surface area contributed by atoms with Crippen molar-refractivity contribution in [2.45, 2.75) is 39.5 Å². The number of ether oxygens (including phenoxy) is 2. The molecule has 0 saturated carbocycles. The second kappa shape index (κ2) is 9.62. The first-order valence-corrected chi connectivity index (χ1v) is 8.67. The number of rotatable bonds is 8. The molecule has 132 valence electrons. The van der Waals surface area contributed by atoms with Gasteiger partial charge in [0.1, 0.15) is 5.75 Å². The number of hydrogen-bond acceptors (Lipinski definition) is 4. The monoisotopic (exact) mass is 340 g/mol. The molecule has 2 aromatic rings. The Morgan fingerprint density at radius 3 is 2.12 bits per heavy atom. The Labute approximate surface area is 148 Å². The largest absolute Gasteiger partial charge is 0.462 e. The highest BCUT2D eigenvalue weighted by atomic mass is 16.5. The van der Waals surface area contributed by atoms with Crippen LogP contribution in [0.1, 0.15) is 58.9 Å². The van der Waals surface area contributed by atoms with E-state index in [0.29, 0.717) is 23.5 Å².